The number of amides is 1. The summed E-state index contributed by atoms with van der Waals surface area (Å²) in [6.45, 7) is 0.0246. The lowest BCUT2D eigenvalue weighted by molar-refractivity contribution is -0.599. The number of pyridine rings is 1. The first-order valence-corrected chi connectivity index (χ1v) is 16.0. The van der Waals surface area contributed by atoms with E-state index in [9.17, 15) is 36.5 Å². The number of rotatable bonds is 9. The quantitative estimate of drug-likeness (QED) is 0.104. The van der Waals surface area contributed by atoms with E-state index in [0.717, 1.165) is 18.2 Å². The lowest BCUT2D eigenvalue weighted by atomic mass is 9.98. The number of non-ortho nitro benzene ring substituents is 1. The van der Waals surface area contributed by atoms with E-state index < -0.39 is 38.3 Å². The molecule has 2 N–H and O–H groups in total. The molecule has 0 aliphatic rings. The second-order valence-electron chi connectivity index (χ2n) is 10.7. The van der Waals surface area contributed by atoms with Gasteiger partial charge in [0.15, 0.2) is 0 Å². The molecular formula is C34H24F3N6O5S+. The maximum atomic E-state index is 13.4. The van der Waals surface area contributed by atoms with E-state index >= 15 is 0 Å². The average Bonchev–Trinajstić information content (AvgIpc) is 3.10. The van der Waals surface area contributed by atoms with Crippen LogP contribution in [0.3, 0.4) is 0 Å². The molecule has 1 amide bonds. The minimum absolute atomic E-state index is 0.0246. The van der Waals surface area contributed by atoms with Crippen LogP contribution in [0.4, 0.5) is 24.7 Å². The summed E-state index contributed by atoms with van der Waals surface area (Å²) >= 11 is 0. The molecule has 0 bridgehead atoms. The van der Waals surface area contributed by atoms with E-state index in [1.165, 1.54) is 34.9 Å². The zero-order valence-electron chi connectivity index (χ0n) is 25.1. The second-order valence-corrected chi connectivity index (χ2v) is 12.3. The summed E-state index contributed by atoms with van der Waals surface area (Å²) in [4.78, 5) is 32.6. The molecule has 0 unspecified atom stereocenters. The molecule has 0 radical (unpaired) electrons. The molecule has 11 nitrogen and oxygen atoms in total. The van der Waals surface area contributed by atoms with E-state index in [1.807, 2.05) is 0 Å². The molecule has 15 heteroatoms. The van der Waals surface area contributed by atoms with Crippen molar-refractivity contribution in [2.24, 2.45) is 0 Å². The zero-order valence-corrected chi connectivity index (χ0v) is 25.9. The largest absolute Gasteiger partial charge is 0.416 e. The minimum Gasteiger partial charge on any atom is -0.348 e. The van der Waals surface area contributed by atoms with Gasteiger partial charge < -0.3 is 5.32 Å². The number of carbonyl (C=O) groups is 1. The molecule has 0 fully saturated rings. The molecule has 246 valence electrons. The Balaban J connectivity index is 1.28. The van der Waals surface area contributed by atoms with Crippen LogP contribution >= 0.6 is 0 Å². The van der Waals surface area contributed by atoms with Crippen LogP contribution in [0.5, 0.6) is 0 Å². The first-order chi connectivity index (χ1) is 23.4. The van der Waals surface area contributed by atoms with E-state index in [2.05, 4.69) is 20.0 Å². The lowest BCUT2D eigenvalue weighted by Gasteiger charge is -2.12. The highest BCUT2D eigenvalue weighted by molar-refractivity contribution is 7.92. The molecular weight excluding hydrogens is 661 g/mol. The van der Waals surface area contributed by atoms with Gasteiger partial charge in [-0.05, 0) is 58.6 Å². The van der Waals surface area contributed by atoms with Crippen LogP contribution in [0.15, 0.2) is 126 Å². The van der Waals surface area contributed by atoms with E-state index in [1.54, 1.807) is 73.1 Å². The van der Waals surface area contributed by atoms with Gasteiger partial charge in [0.05, 0.1) is 21.6 Å². The van der Waals surface area contributed by atoms with Crippen molar-refractivity contribution in [1.29, 1.82) is 0 Å². The third-order valence-electron chi connectivity index (χ3n) is 7.38. The van der Waals surface area contributed by atoms with Gasteiger partial charge in [0, 0.05) is 29.8 Å². The van der Waals surface area contributed by atoms with Crippen molar-refractivity contribution < 1.29 is 35.9 Å². The number of anilines is 1. The summed E-state index contributed by atoms with van der Waals surface area (Å²) in [5.74, 6) is -0.530. The number of sulfonamides is 1. The molecule has 6 aromatic rings. The molecule has 2 heterocycles. The summed E-state index contributed by atoms with van der Waals surface area (Å²) in [7, 11) is -4.35. The van der Waals surface area contributed by atoms with Crippen molar-refractivity contribution in [2.45, 2.75) is 17.6 Å². The number of carbonyl (C=O) groups excluding carboxylic acids is 1. The third-order valence-corrected chi connectivity index (χ3v) is 8.71. The highest BCUT2D eigenvalue weighted by Crippen LogP contribution is 2.32. The number of aromatic nitrogens is 3. The number of hydrogen-bond acceptors (Lipinski definition) is 7. The number of para-hydroxylation sites is 2. The average molecular weight is 686 g/mol. The Kier molecular flexibility index (Phi) is 8.76. The van der Waals surface area contributed by atoms with E-state index in [0.29, 0.717) is 27.7 Å². The Morgan fingerprint density at radius 1 is 0.857 bits per heavy atom. The molecule has 0 aliphatic heterocycles. The van der Waals surface area contributed by atoms with Gasteiger partial charge in [-0.15, -0.1) is 0 Å². The van der Waals surface area contributed by atoms with Crippen LogP contribution < -0.4 is 14.6 Å². The van der Waals surface area contributed by atoms with Gasteiger partial charge in [-0.3, -0.25) is 19.6 Å². The number of hydrogen-bond donors (Lipinski definition) is 2. The number of nitrogens with zero attached hydrogens (tertiary/aromatic N) is 4. The van der Waals surface area contributed by atoms with Crippen LogP contribution in [0.25, 0.3) is 28.0 Å². The highest BCUT2D eigenvalue weighted by atomic mass is 32.2. The molecule has 0 saturated heterocycles. The molecule has 0 aliphatic carbocycles. The maximum absolute atomic E-state index is 13.4. The van der Waals surface area contributed by atoms with Crippen LogP contribution in [0.2, 0.25) is 0 Å². The Morgan fingerprint density at radius 3 is 2.27 bits per heavy atom. The molecule has 0 spiro atoms. The van der Waals surface area contributed by atoms with E-state index in [-0.39, 0.29) is 28.6 Å². The zero-order chi connectivity index (χ0) is 34.8. The summed E-state index contributed by atoms with van der Waals surface area (Å²) in [5, 5.41) is 14.1. The summed E-state index contributed by atoms with van der Waals surface area (Å²) < 4.78 is 69.9. The normalized spacial score (nSPS) is 11.7. The minimum atomic E-state index is -4.49. The van der Waals surface area contributed by atoms with Crippen molar-refractivity contribution >= 4 is 38.5 Å². The molecule has 0 atom stereocenters. The predicted molar refractivity (Wildman–Crippen MR) is 173 cm³/mol. The highest BCUT2D eigenvalue weighted by Gasteiger charge is 2.30. The number of benzene rings is 4. The third kappa shape index (κ3) is 7.21. The summed E-state index contributed by atoms with van der Waals surface area (Å²) in [6, 6.07) is 25.8. The van der Waals surface area contributed by atoms with Crippen molar-refractivity contribution in [3.05, 3.63) is 148 Å². The first-order valence-electron chi connectivity index (χ1n) is 14.5. The van der Waals surface area contributed by atoms with Crippen molar-refractivity contribution in [3.63, 3.8) is 0 Å². The Hall–Kier alpha value is -6.22. The topological polar surface area (TPSA) is 148 Å². The summed E-state index contributed by atoms with van der Waals surface area (Å²) in [5.41, 5.74) is 1.37. The fraction of sp³-hybridized carbons (Fsp3) is 0.0588. The number of halogens is 3. The lowest BCUT2D eigenvalue weighted by Crippen LogP contribution is -2.35. The van der Waals surface area contributed by atoms with Gasteiger partial charge in [-0.25, -0.2) is 13.4 Å². The summed E-state index contributed by atoms with van der Waals surface area (Å²) in [6.07, 6.45) is -1.27. The molecule has 0 saturated carbocycles. The Morgan fingerprint density at radius 2 is 1.55 bits per heavy atom. The van der Waals surface area contributed by atoms with Crippen LogP contribution in [0.1, 0.15) is 21.5 Å². The number of fused-ring (bicyclic) bond motifs is 1. The number of nitrogens with one attached hydrogen (secondary N) is 2. The van der Waals surface area contributed by atoms with Crippen molar-refractivity contribution in [3.8, 4) is 16.9 Å². The fourth-order valence-electron chi connectivity index (χ4n) is 5.00. The molecule has 2 aromatic heterocycles. The smallest absolute Gasteiger partial charge is 0.348 e. The van der Waals surface area contributed by atoms with Gasteiger partial charge in [-0.1, -0.05) is 54.6 Å². The van der Waals surface area contributed by atoms with Gasteiger partial charge in [0.2, 0.25) is 11.3 Å². The first kappa shape index (κ1) is 32.7. The van der Waals surface area contributed by atoms with Crippen LogP contribution in [-0.4, -0.2) is 29.2 Å². The number of nitro benzene ring substituents is 1. The van der Waals surface area contributed by atoms with Crippen molar-refractivity contribution in [1.82, 2.24) is 15.3 Å². The second kappa shape index (κ2) is 13.1. The van der Waals surface area contributed by atoms with Gasteiger partial charge in [-0.2, -0.15) is 17.7 Å². The predicted octanol–water partition coefficient (Wildman–Crippen LogP) is 6.23. The molecule has 49 heavy (non-hydrogen) atoms. The number of nitro groups is 1. The number of alkyl halides is 3. The van der Waals surface area contributed by atoms with Gasteiger partial charge in [0.25, 0.3) is 21.6 Å². The maximum Gasteiger partial charge on any atom is 0.416 e. The Labute approximate surface area is 276 Å². The SMILES string of the molecule is O=C(NCc1ccc[n+](-c2nc3ccccc3nc2NS(=O)(=O)c2cccc([N+](=O)[O-])c2)c1)c1ccccc1-c1ccc(C(F)(F)F)cc1. The van der Waals surface area contributed by atoms with Crippen LogP contribution in [-0.2, 0) is 22.7 Å². The van der Waals surface area contributed by atoms with E-state index in [4.69, 9.17) is 0 Å². The van der Waals surface area contributed by atoms with Crippen molar-refractivity contribution in [2.75, 3.05) is 4.72 Å². The standard InChI is InChI=1S/C34H23F3N6O5S/c35-34(36,37)24-16-14-23(15-17-24)27-10-1-2-11-28(27)33(44)38-20-22-7-6-18-42(21-22)32-31(39-29-12-3-4-13-30(29)40-32)41-49(47,48)26-9-5-8-25(19-26)43(45)46/h1-19,21H,20H2,(H-,38,39,41,44)/p+1. The fourth-order valence-corrected chi connectivity index (χ4v) is 6.04. The molecule has 4 aromatic carbocycles. The van der Waals surface area contributed by atoms with Gasteiger partial charge >= 0.3 is 12.0 Å². The monoisotopic (exact) mass is 685 g/mol. The van der Waals surface area contributed by atoms with Gasteiger partial charge in [0.1, 0.15) is 11.7 Å². The molecule has 6 rings (SSSR count). The Bertz CT molecular complexity index is 2330. The van der Waals surface area contributed by atoms with Crippen LogP contribution in [0, 0.1) is 10.1 Å².